The smallest absolute Gasteiger partial charge is 0.790 e. The first-order chi connectivity index (χ1) is 8.54. The number of aliphatic carboxylic acids is 1. The Morgan fingerprint density at radius 2 is 1.62 bits per heavy atom. The molecule has 1 aliphatic heterocycles. The maximum Gasteiger partial charge on any atom is 1.00 e. The molecule has 0 aliphatic carbocycles. The number of aliphatic hydroxyl groups is 4. The van der Waals surface area contributed by atoms with Crippen LogP contribution in [0.2, 0.25) is 0 Å². The maximum atomic E-state index is 10.5. The van der Waals surface area contributed by atoms with Crippen LogP contribution in [0.3, 0.4) is 0 Å². The van der Waals surface area contributed by atoms with Gasteiger partial charge in [-0.25, -0.2) is 4.79 Å². The standard InChI is InChI=1S/C7H13O11P.2Na/c8-1-2(9)5(4(11)6(12)13)17-7(3(1)10)18-19(14,15)16;;/h1-5,7-11H,(H,12,13)(H2,14,15,16);;/q;2*+1/p-2/t1-,2-,3?,4-,5?,7-;;/m0../s1. The second-order valence-corrected chi connectivity index (χ2v) is 4.88. The molecule has 0 aromatic heterocycles. The van der Waals surface area contributed by atoms with Crippen molar-refractivity contribution in [1.29, 1.82) is 0 Å². The van der Waals surface area contributed by atoms with Crippen LogP contribution in [0.25, 0.3) is 0 Å². The average Bonchev–Trinajstić information content (AvgIpc) is 2.27. The molecule has 5 N–H and O–H groups in total. The van der Waals surface area contributed by atoms with Gasteiger partial charge in [-0.1, -0.05) is 0 Å². The van der Waals surface area contributed by atoms with Gasteiger partial charge in [0.15, 0.2) is 12.4 Å². The van der Waals surface area contributed by atoms with Gasteiger partial charge in [-0.05, 0) is 0 Å². The van der Waals surface area contributed by atoms with E-state index in [0.717, 1.165) is 0 Å². The van der Waals surface area contributed by atoms with Gasteiger partial charge in [0.25, 0.3) is 0 Å². The van der Waals surface area contributed by atoms with E-state index in [1.807, 2.05) is 0 Å². The SMILES string of the molecule is O=C(O)[C@@H](O)C1O[C@@H](OP(=O)([O-])[O-])C(O)[C@@H](O)[C@@H]1O.[Na+].[Na+]. The number of rotatable bonds is 4. The van der Waals surface area contributed by atoms with E-state index in [1.54, 1.807) is 0 Å². The maximum absolute atomic E-state index is 10.5. The largest absolute Gasteiger partial charge is 1.00 e. The predicted molar refractivity (Wildman–Crippen MR) is 49.0 cm³/mol. The van der Waals surface area contributed by atoms with Crippen molar-refractivity contribution in [3.63, 3.8) is 0 Å². The van der Waals surface area contributed by atoms with Gasteiger partial charge in [0.1, 0.15) is 24.4 Å². The van der Waals surface area contributed by atoms with Gasteiger partial charge < -0.3 is 49.1 Å². The molecule has 2 unspecified atom stereocenters. The third-order valence-corrected chi connectivity index (χ3v) is 2.87. The number of carboxylic acid groups (broad SMARTS) is 1. The fourth-order valence-corrected chi connectivity index (χ4v) is 1.92. The first-order valence-corrected chi connectivity index (χ1v) is 6.31. The van der Waals surface area contributed by atoms with E-state index in [4.69, 9.17) is 5.11 Å². The van der Waals surface area contributed by atoms with Crippen LogP contribution in [-0.2, 0) is 18.6 Å². The number of phosphoric acid groups is 1. The third kappa shape index (κ3) is 6.79. The molecule has 1 rings (SSSR count). The van der Waals surface area contributed by atoms with Crippen molar-refractivity contribution < 1.29 is 113 Å². The quantitative estimate of drug-likeness (QED) is 0.238. The summed E-state index contributed by atoms with van der Waals surface area (Å²) in [5.41, 5.74) is 0. The first kappa shape index (κ1) is 24.6. The molecule has 6 atom stereocenters. The van der Waals surface area contributed by atoms with Crippen molar-refractivity contribution >= 4 is 13.8 Å². The molecule has 0 spiro atoms. The molecule has 0 bridgehead atoms. The summed E-state index contributed by atoms with van der Waals surface area (Å²) in [5, 5.41) is 45.8. The van der Waals surface area contributed by atoms with Crippen molar-refractivity contribution in [2.24, 2.45) is 0 Å². The summed E-state index contributed by atoms with van der Waals surface area (Å²) in [6, 6.07) is 0. The molecular formula is C7H11Na2O11P. The van der Waals surface area contributed by atoms with E-state index >= 15 is 0 Å². The van der Waals surface area contributed by atoms with Crippen molar-refractivity contribution in [2.45, 2.75) is 36.8 Å². The van der Waals surface area contributed by atoms with Crippen LogP contribution in [0.4, 0.5) is 0 Å². The van der Waals surface area contributed by atoms with Gasteiger partial charge in [0.2, 0.25) is 0 Å². The summed E-state index contributed by atoms with van der Waals surface area (Å²) in [5.74, 6) is -1.83. The Bertz CT molecular complexity index is 389. The second-order valence-electron chi connectivity index (χ2n) is 3.78. The molecule has 112 valence electrons. The minimum Gasteiger partial charge on any atom is -0.790 e. The predicted octanol–water partition coefficient (Wildman–Crippen LogP) is -10.9. The molecule has 1 fully saturated rings. The average molecular weight is 348 g/mol. The molecule has 1 aliphatic rings. The van der Waals surface area contributed by atoms with Gasteiger partial charge in [-0.15, -0.1) is 0 Å². The second kappa shape index (κ2) is 9.62. The summed E-state index contributed by atoms with van der Waals surface area (Å²) < 4.78 is 18.6. The fraction of sp³-hybridized carbons (Fsp3) is 0.857. The Hall–Kier alpha value is 1.38. The van der Waals surface area contributed by atoms with Crippen molar-refractivity contribution in [1.82, 2.24) is 0 Å². The molecule has 14 heteroatoms. The monoisotopic (exact) mass is 348 g/mol. The zero-order valence-electron chi connectivity index (χ0n) is 11.1. The number of hydrogen-bond acceptors (Lipinski definition) is 10. The van der Waals surface area contributed by atoms with Crippen LogP contribution >= 0.6 is 7.82 Å². The Morgan fingerprint density at radius 1 is 1.14 bits per heavy atom. The summed E-state index contributed by atoms with van der Waals surface area (Å²) in [6.07, 6.45) is -12.8. The van der Waals surface area contributed by atoms with Gasteiger partial charge in [-0.3, -0.25) is 0 Å². The Morgan fingerprint density at radius 3 is 2.00 bits per heavy atom. The minimum atomic E-state index is -5.61. The molecule has 0 saturated carbocycles. The molecule has 21 heavy (non-hydrogen) atoms. The van der Waals surface area contributed by atoms with Crippen molar-refractivity contribution in [3.05, 3.63) is 0 Å². The van der Waals surface area contributed by atoms with Gasteiger partial charge in [0.05, 0.1) is 7.82 Å². The molecule has 11 nitrogen and oxygen atoms in total. The van der Waals surface area contributed by atoms with Crippen LogP contribution in [-0.4, -0.2) is 68.3 Å². The van der Waals surface area contributed by atoms with Gasteiger partial charge >= 0.3 is 65.1 Å². The third-order valence-electron chi connectivity index (χ3n) is 2.40. The topological polar surface area (TPSA) is 200 Å². The van der Waals surface area contributed by atoms with E-state index in [0.29, 0.717) is 0 Å². The summed E-state index contributed by atoms with van der Waals surface area (Å²) in [4.78, 5) is 31.3. The molecule has 0 aromatic carbocycles. The zero-order chi connectivity index (χ0) is 15.0. The number of carbonyl (C=O) groups is 1. The van der Waals surface area contributed by atoms with Gasteiger partial charge in [0, 0.05) is 0 Å². The van der Waals surface area contributed by atoms with E-state index < -0.39 is 50.6 Å². The van der Waals surface area contributed by atoms with Crippen LogP contribution in [0.5, 0.6) is 0 Å². The van der Waals surface area contributed by atoms with E-state index in [2.05, 4.69) is 9.26 Å². The number of phosphoric ester groups is 1. The summed E-state index contributed by atoms with van der Waals surface area (Å²) >= 11 is 0. The zero-order valence-corrected chi connectivity index (χ0v) is 16.0. The van der Waals surface area contributed by atoms with E-state index in [9.17, 15) is 39.6 Å². The Balaban J connectivity index is 0. The van der Waals surface area contributed by atoms with Crippen molar-refractivity contribution in [2.75, 3.05) is 0 Å². The molecule has 0 amide bonds. The van der Waals surface area contributed by atoms with Gasteiger partial charge in [-0.2, -0.15) is 0 Å². The summed E-state index contributed by atoms with van der Waals surface area (Å²) in [7, 11) is -5.61. The number of aliphatic hydroxyl groups excluding tert-OH is 4. The normalized spacial score (nSPS) is 34.3. The number of carboxylic acids is 1. The first-order valence-electron chi connectivity index (χ1n) is 4.85. The Kier molecular flexibility index (Phi) is 11.3. The Labute approximate surface area is 162 Å². The van der Waals surface area contributed by atoms with Crippen molar-refractivity contribution in [3.8, 4) is 0 Å². The molecule has 1 heterocycles. The van der Waals surface area contributed by atoms with Crippen LogP contribution < -0.4 is 68.9 Å². The summed E-state index contributed by atoms with van der Waals surface area (Å²) in [6.45, 7) is 0. The fourth-order valence-electron chi connectivity index (χ4n) is 1.49. The van der Waals surface area contributed by atoms with E-state index in [-0.39, 0.29) is 59.1 Å². The number of hydrogen-bond donors (Lipinski definition) is 5. The molecule has 0 radical (unpaired) electrons. The number of ether oxygens (including phenoxy) is 1. The molecule has 1 saturated heterocycles. The van der Waals surface area contributed by atoms with E-state index in [1.165, 1.54) is 0 Å². The van der Waals surface area contributed by atoms with Crippen LogP contribution in [0.1, 0.15) is 0 Å². The minimum absolute atomic E-state index is 0. The molecular weight excluding hydrogens is 337 g/mol. The van der Waals surface area contributed by atoms with Crippen LogP contribution in [0, 0.1) is 0 Å². The molecule has 0 aromatic rings. The van der Waals surface area contributed by atoms with Crippen LogP contribution in [0.15, 0.2) is 0 Å².